The summed E-state index contributed by atoms with van der Waals surface area (Å²) >= 11 is 3.19. The summed E-state index contributed by atoms with van der Waals surface area (Å²) < 4.78 is 0. The zero-order chi connectivity index (χ0) is 10.7. The molecule has 0 fully saturated rings. The fourth-order valence-electron chi connectivity index (χ4n) is 1.28. The standard InChI is InChI=1S/C11H11NOS2/c1-8(10-3-2-5-15-10)12-11(13)9-4-6-14-7-9/h2-8H,1H3,(H,12,13)/t8-/m1/s1. The summed E-state index contributed by atoms with van der Waals surface area (Å²) in [4.78, 5) is 12.9. The van der Waals surface area contributed by atoms with Gasteiger partial charge in [-0.25, -0.2) is 0 Å². The normalized spacial score (nSPS) is 12.3. The third-order valence-electron chi connectivity index (χ3n) is 2.10. The summed E-state index contributed by atoms with van der Waals surface area (Å²) in [6, 6.07) is 5.94. The maximum atomic E-state index is 11.7. The number of hydrogen-bond donors (Lipinski definition) is 1. The summed E-state index contributed by atoms with van der Waals surface area (Å²) in [6.07, 6.45) is 0. The van der Waals surface area contributed by atoms with E-state index >= 15 is 0 Å². The van der Waals surface area contributed by atoms with E-state index in [0.29, 0.717) is 0 Å². The average molecular weight is 237 g/mol. The van der Waals surface area contributed by atoms with E-state index in [0.717, 1.165) is 5.56 Å². The minimum absolute atomic E-state index is 0.00264. The molecule has 0 aliphatic rings. The van der Waals surface area contributed by atoms with Crippen molar-refractivity contribution in [1.82, 2.24) is 5.32 Å². The average Bonchev–Trinajstić information content (AvgIpc) is 2.91. The van der Waals surface area contributed by atoms with Crippen LogP contribution < -0.4 is 5.32 Å². The molecule has 0 saturated heterocycles. The van der Waals surface area contributed by atoms with Gasteiger partial charge in [0.05, 0.1) is 11.6 Å². The molecule has 0 spiro atoms. The summed E-state index contributed by atoms with van der Waals surface area (Å²) in [5, 5.41) is 8.74. The lowest BCUT2D eigenvalue weighted by molar-refractivity contribution is 0.0941. The molecule has 2 aromatic heterocycles. The number of rotatable bonds is 3. The van der Waals surface area contributed by atoms with E-state index < -0.39 is 0 Å². The van der Waals surface area contributed by atoms with Gasteiger partial charge in [-0.1, -0.05) is 6.07 Å². The lowest BCUT2D eigenvalue weighted by Gasteiger charge is -2.10. The van der Waals surface area contributed by atoms with Crippen molar-refractivity contribution in [2.75, 3.05) is 0 Å². The van der Waals surface area contributed by atoms with Crippen LogP contribution in [-0.4, -0.2) is 5.91 Å². The molecule has 0 unspecified atom stereocenters. The predicted octanol–water partition coefficient (Wildman–Crippen LogP) is 3.30. The van der Waals surface area contributed by atoms with Crippen molar-refractivity contribution >= 4 is 28.6 Å². The van der Waals surface area contributed by atoms with Crippen LogP contribution in [0.25, 0.3) is 0 Å². The van der Waals surface area contributed by atoms with Crippen molar-refractivity contribution in [3.05, 3.63) is 44.8 Å². The first-order valence-electron chi connectivity index (χ1n) is 4.64. The molecule has 2 rings (SSSR count). The van der Waals surface area contributed by atoms with E-state index in [1.54, 1.807) is 11.3 Å². The van der Waals surface area contributed by atoms with Crippen LogP contribution in [0.1, 0.15) is 28.2 Å². The molecule has 78 valence electrons. The summed E-state index contributed by atoms with van der Waals surface area (Å²) in [6.45, 7) is 2.00. The van der Waals surface area contributed by atoms with Gasteiger partial charge in [0.1, 0.15) is 0 Å². The Morgan fingerprint density at radius 2 is 2.27 bits per heavy atom. The van der Waals surface area contributed by atoms with E-state index in [2.05, 4.69) is 5.32 Å². The van der Waals surface area contributed by atoms with Gasteiger partial charge in [-0.2, -0.15) is 11.3 Å². The van der Waals surface area contributed by atoms with E-state index in [1.807, 2.05) is 41.3 Å². The summed E-state index contributed by atoms with van der Waals surface area (Å²) in [5.74, 6) is -0.00264. The van der Waals surface area contributed by atoms with Gasteiger partial charge >= 0.3 is 0 Å². The SMILES string of the molecule is C[C@@H](NC(=O)c1ccsc1)c1cccs1. The van der Waals surface area contributed by atoms with Crippen LogP contribution >= 0.6 is 22.7 Å². The fourth-order valence-corrected chi connectivity index (χ4v) is 2.65. The monoisotopic (exact) mass is 237 g/mol. The van der Waals surface area contributed by atoms with Crippen molar-refractivity contribution < 1.29 is 4.79 Å². The molecule has 1 atom stereocenters. The van der Waals surface area contributed by atoms with Gasteiger partial charge in [-0.15, -0.1) is 11.3 Å². The van der Waals surface area contributed by atoms with Crippen LogP contribution in [-0.2, 0) is 0 Å². The largest absolute Gasteiger partial charge is 0.345 e. The molecule has 0 aliphatic heterocycles. The number of hydrogen-bond acceptors (Lipinski definition) is 3. The first kappa shape index (κ1) is 10.4. The number of carbonyl (C=O) groups is 1. The van der Waals surface area contributed by atoms with Gasteiger partial charge in [0.15, 0.2) is 0 Å². The Labute approximate surface area is 96.6 Å². The molecule has 0 saturated carbocycles. The highest BCUT2D eigenvalue weighted by Gasteiger charge is 2.11. The Morgan fingerprint density at radius 3 is 2.87 bits per heavy atom. The summed E-state index contributed by atoms with van der Waals surface area (Å²) in [5.41, 5.74) is 0.739. The van der Waals surface area contributed by atoms with Gasteiger partial charge in [-0.05, 0) is 29.8 Å². The topological polar surface area (TPSA) is 29.1 Å². The van der Waals surface area contributed by atoms with Crippen LogP contribution in [0.5, 0.6) is 0 Å². The molecule has 0 bridgehead atoms. The van der Waals surface area contributed by atoms with Crippen molar-refractivity contribution in [1.29, 1.82) is 0 Å². The molecule has 2 nitrogen and oxygen atoms in total. The van der Waals surface area contributed by atoms with E-state index in [-0.39, 0.29) is 11.9 Å². The molecular weight excluding hydrogens is 226 g/mol. The molecule has 2 heterocycles. The maximum Gasteiger partial charge on any atom is 0.252 e. The highest BCUT2D eigenvalue weighted by atomic mass is 32.1. The number of thiophene rings is 2. The summed E-state index contributed by atoms with van der Waals surface area (Å²) in [7, 11) is 0. The molecule has 4 heteroatoms. The first-order valence-corrected chi connectivity index (χ1v) is 6.46. The fraction of sp³-hybridized carbons (Fsp3) is 0.182. The lowest BCUT2D eigenvalue weighted by atomic mass is 10.2. The smallest absolute Gasteiger partial charge is 0.252 e. The highest BCUT2D eigenvalue weighted by Crippen LogP contribution is 2.18. The highest BCUT2D eigenvalue weighted by molar-refractivity contribution is 7.10. The second kappa shape index (κ2) is 4.59. The van der Waals surface area contributed by atoms with Crippen molar-refractivity contribution in [2.45, 2.75) is 13.0 Å². The Kier molecular flexibility index (Phi) is 3.18. The minimum Gasteiger partial charge on any atom is -0.345 e. The van der Waals surface area contributed by atoms with Gasteiger partial charge in [0, 0.05) is 10.3 Å². The number of nitrogens with one attached hydrogen (secondary N) is 1. The van der Waals surface area contributed by atoms with Gasteiger partial charge < -0.3 is 5.32 Å². The Balaban J connectivity index is 2.01. The molecule has 1 N–H and O–H groups in total. The lowest BCUT2D eigenvalue weighted by Crippen LogP contribution is -2.25. The maximum absolute atomic E-state index is 11.7. The van der Waals surface area contributed by atoms with Gasteiger partial charge in [-0.3, -0.25) is 4.79 Å². The Morgan fingerprint density at radius 1 is 1.40 bits per heavy atom. The second-order valence-electron chi connectivity index (χ2n) is 3.22. The van der Waals surface area contributed by atoms with E-state index in [4.69, 9.17) is 0 Å². The Hall–Kier alpha value is -1.13. The van der Waals surface area contributed by atoms with Gasteiger partial charge in [0.2, 0.25) is 0 Å². The van der Waals surface area contributed by atoms with Crippen LogP contribution in [0, 0.1) is 0 Å². The van der Waals surface area contributed by atoms with Crippen molar-refractivity contribution in [2.24, 2.45) is 0 Å². The zero-order valence-electron chi connectivity index (χ0n) is 8.27. The van der Waals surface area contributed by atoms with Crippen molar-refractivity contribution in [3.8, 4) is 0 Å². The van der Waals surface area contributed by atoms with Crippen LogP contribution in [0.15, 0.2) is 34.3 Å². The molecule has 15 heavy (non-hydrogen) atoms. The Bertz CT molecular complexity index is 419. The van der Waals surface area contributed by atoms with E-state index in [9.17, 15) is 4.79 Å². The third kappa shape index (κ3) is 2.46. The van der Waals surface area contributed by atoms with Gasteiger partial charge in [0.25, 0.3) is 5.91 Å². The first-order chi connectivity index (χ1) is 7.27. The van der Waals surface area contributed by atoms with Crippen LogP contribution in [0.3, 0.4) is 0 Å². The molecule has 0 aliphatic carbocycles. The minimum atomic E-state index is -0.00264. The van der Waals surface area contributed by atoms with Crippen LogP contribution in [0.4, 0.5) is 0 Å². The molecule has 1 amide bonds. The quantitative estimate of drug-likeness (QED) is 0.872. The second-order valence-corrected chi connectivity index (χ2v) is 4.98. The molecule has 0 radical (unpaired) electrons. The predicted molar refractivity (Wildman–Crippen MR) is 64.5 cm³/mol. The third-order valence-corrected chi connectivity index (χ3v) is 3.84. The molecular formula is C11H11NOS2. The number of carbonyl (C=O) groups excluding carboxylic acids is 1. The van der Waals surface area contributed by atoms with E-state index in [1.165, 1.54) is 16.2 Å². The number of amides is 1. The van der Waals surface area contributed by atoms with Crippen molar-refractivity contribution in [3.63, 3.8) is 0 Å². The molecule has 2 aromatic rings. The molecule has 0 aromatic carbocycles. The zero-order valence-corrected chi connectivity index (χ0v) is 9.90. The van der Waals surface area contributed by atoms with Crippen LogP contribution in [0.2, 0.25) is 0 Å².